The van der Waals surface area contributed by atoms with E-state index in [4.69, 9.17) is 4.74 Å². The van der Waals surface area contributed by atoms with E-state index in [0.717, 1.165) is 5.56 Å². The molecular weight excluding hydrogens is 272 g/mol. The van der Waals surface area contributed by atoms with Gasteiger partial charge in [-0.05, 0) is 0 Å². The molecule has 1 unspecified atom stereocenters. The van der Waals surface area contributed by atoms with Gasteiger partial charge in [0.05, 0.1) is 12.1 Å². The molecule has 2 heterocycles. The Balaban J connectivity index is 1.91. The van der Waals surface area contributed by atoms with Gasteiger partial charge in [-0.3, -0.25) is 19.8 Å². The maximum Gasteiger partial charge on any atom is 0.249 e. The standard InChI is InChI=1S/C15H16N2O4/c1-11(17(19)20)9-15-8-7-13(18)16(15)14(21-10-15)12-5-3-2-4-6-12/h2-8,11,14H,9-10H2,1H3/t11?,14-,15+/m1/s1. The van der Waals surface area contributed by atoms with Crippen molar-refractivity contribution in [3.63, 3.8) is 0 Å². The lowest BCUT2D eigenvalue weighted by Crippen LogP contribution is -2.46. The lowest BCUT2D eigenvalue weighted by molar-refractivity contribution is -0.520. The van der Waals surface area contributed by atoms with Crippen LogP contribution in [0.1, 0.15) is 25.1 Å². The molecule has 21 heavy (non-hydrogen) atoms. The summed E-state index contributed by atoms with van der Waals surface area (Å²) in [6, 6.07) is 8.71. The van der Waals surface area contributed by atoms with Gasteiger partial charge in [0.25, 0.3) is 0 Å². The molecule has 1 fully saturated rings. The van der Waals surface area contributed by atoms with Crippen LogP contribution in [0.3, 0.4) is 0 Å². The van der Waals surface area contributed by atoms with E-state index in [2.05, 4.69) is 0 Å². The van der Waals surface area contributed by atoms with Crippen molar-refractivity contribution in [3.05, 3.63) is 58.2 Å². The summed E-state index contributed by atoms with van der Waals surface area (Å²) in [5.74, 6) is -0.156. The fourth-order valence-corrected chi connectivity index (χ4v) is 3.05. The van der Waals surface area contributed by atoms with Crippen molar-refractivity contribution >= 4 is 5.91 Å². The Labute approximate surface area is 122 Å². The highest BCUT2D eigenvalue weighted by molar-refractivity contribution is 5.92. The first kappa shape index (κ1) is 13.8. The molecule has 1 saturated heterocycles. The molecule has 110 valence electrons. The van der Waals surface area contributed by atoms with Crippen LogP contribution in [-0.2, 0) is 9.53 Å². The molecular formula is C15H16N2O4. The smallest absolute Gasteiger partial charge is 0.249 e. The van der Waals surface area contributed by atoms with Crippen LogP contribution in [0.25, 0.3) is 0 Å². The Morgan fingerprint density at radius 2 is 2.19 bits per heavy atom. The molecule has 0 bridgehead atoms. The molecule has 1 aromatic carbocycles. The second-order valence-electron chi connectivity index (χ2n) is 5.56. The molecule has 0 radical (unpaired) electrons. The third-order valence-electron chi connectivity index (χ3n) is 4.07. The minimum absolute atomic E-state index is 0.156. The van der Waals surface area contributed by atoms with Crippen LogP contribution in [0.5, 0.6) is 0 Å². The minimum Gasteiger partial charge on any atom is -0.351 e. The van der Waals surface area contributed by atoms with E-state index in [9.17, 15) is 14.9 Å². The molecule has 0 aromatic heterocycles. The number of benzene rings is 1. The van der Waals surface area contributed by atoms with E-state index < -0.39 is 17.8 Å². The summed E-state index contributed by atoms with van der Waals surface area (Å²) in [6.45, 7) is 1.84. The molecule has 6 nitrogen and oxygen atoms in total. The Hall–Kier alpha value is -2.21. The average molecular weight is 288 g/mol. The quantitative estimate of drug-likeness (QED) is 0.626. The van der Waals surface area contributed by atoms with Gasteiger partial charge in [0.1, 0.15) is 0 Å². The summed E-state index contributed by atoms with van der Waals surface area (Å²) in [5, 5.41) is 10.9. The summed E-state index contributed by atoms with van der Waals surface area (Å²) in [4.78, 5) is 24.4. The van der Waals surface area contributed by atoms with Gasteiger partial charge < -0.3 is 4.74 Å². The first-order chi connectivity index (χ1) is 10.0. The molecule has 3 rings (SSSR count). The van der Waals surface area contributed by atoms with E-state index in [-0.39, 0.29) is 23.9 Å². The van der Waals surface area contributed by atoms with Crippen LogP contribution < -0.4 is 0 Å². The van der Waals surface area contributed by atoms with Crippen LogP contribution in [0.4, 0.5) is 0 Å². The maximum absolute atomic E-state index is 12.2. The SMILES string of the molecule is CC(C[C@]12C=CC(=O)N1[C@@H](c1ccccc1)OC2)[N+](=O)[O-]. The van der Waals surface area contributed by atoms with Crippen molar-refractivity contribution in [2.45, 2.75) is 31.2 Å². The summed E-state index contributed by atoms with van der Waals surface area (Å²) < 4.78 is 5.79. The van der Waals surface area contributed by atoms with Gasteiger partial charge in [0, 0.05) is 29.9 Å². The Morgan fingerprint density at radius 3 is 2.86 bits per heavy atom. The van der Waals surface area contributed by atoms with Crippen molar-refractivity contribution in [3.8, 4) is 0 Å². The largest absolute Gasteiger partial charge is 0.351 e. The second-order valence-corrected chi connectivity index (χ2v) is 5.56. The van der Waals surface area contributed by atoms with Gasteiger partial charge >= 0.3 is 0 Å². The zero-order valence-corrected chi connectivity index (χ0v) is 11.6. The van der Waals surface area contributed by atoms with Gasteiger partial charge in [-0.2, -0.15) is 0 Å². The summed E-state index contributed by atoms with van der Waals surface area (Å²) >= 11 is 0. The zero-order chi connectivity index (χ0) is 15.0. The molecule has 1 amide bonds. The number of nitro groups is 1. The van der Waals surface area contributed by atoms with Crippen molar-refractivity contribution < 1.29 is 14.5 Å². The molecule has 0 aliphatic carbocycles. The molecule has 0 saturated carbocycles. The minimum atomic E-state index is -0.735. The first-order valence-electron chi connectivity index (χ1n) is 6.86. The normalized spacial score (nSPS) is 28.7. The highest BCUT2D eigenvalue weighted by Gasteiger charge is 2.53. The van der Waals surface area contributed by atoms with Gasteiger partial charge in [-0.15, -0.1) is 0 Å². The van der Waals surface area contributed by atoms with Crippen molar-refractivity contribution in [1.29, 1.82) is 0 Å². The van der Waals surface area contributed by atoms with Crippen LogP contribution >= 0.6 is 0 Å². The first-order valence-corrected chi connectivity index (χ1v) is 6.86. The molecule has 0 spiro atoms. The van der Waals surface area contributed by atoms with E-state index in [1.807, 2.05) is 30.3 Å². The monoisotopic (exact) mass is 288 g/mol. The predicted octanol–water partition coefficient (Wildman–Crippen LogP) is 1.91. The molecule has 2 aliphatic heterocycles. The summed E-state index contributed by atoms with van der Waals surface area (Å²) in [6.07, 6.45) is 3.02. The van der Waals surface area contributed by atoms with Crippen molar-refractivity contribution in [2.24, 2.45) is 0 Å². The topological polar surface area (TPSA) is 72.7 Å². The predicted molar refractivity (Wildman–Crippen MR) is 74.9 cm³/mol. The fraction of sp³-hybridized carbons (Fsp3) is 0.400. The van der Waals surface area contributed by atoms with E-state index in [1.54, 1.807) is 17.9 Å². The highest BCUT2D eigenvalue weighted by atomic mass is 16.6. The Morgan fingerprint density at radius 1 is 1.48 bits per heavy atom. The molecule has 3 atom stereocenters. The zero-order valence-electron chi connectivity index (χ0n) is 11.6. The van der Waals surface area contributed by atoms with Gasteiger partial charge in [-0.25, -0.2) is 0 Å². The highest BCUT2D eigenvalue weighted by Crippen LogP contribution is 2.43. The van der Waals surface area contributed by atoms with E-state index in [1.165, 1.54) is 6.08 Å². The molecule has 6 heteroatoms. The van der Waals surface area contributed by atoms with Crippen LogP contribution in [0.15, 0.2) is 42.5 Å². The third-order valence-corrected chi connectivity index (χ3v) is 4.07. The van der Waals surface area contributed by atoms with Crippen LogP contribution in [-0.4, -0.2) is 33.9 Å². The second kappa shape index (κ2) is 4.96. The van der Waals surface area contributed by atoms with Gasteiger partial charge in [0.2, 0.25) is 11.9 Å². The molecule has 0 N–H and O–H groups in total. The Bertz CT molecular complexity index is 601. The van der Waals surface area contributed by atoms with Gasteiger partial charge in [0.15, 0.2) is 6.23 Å². The molecule has 1 aromatic rings. The number of carbonyl (C=O) groups is 1. The summed E-state index contributed by atoms with van der Waals surface area (Å²) in [5.41, 5.74) is 0.176. The maximum atomic E-state index is 12.2. The Kier molecular flexibility index (Phi) is 3.25. The lowest BCUT2D eigenvalue weighted by Gasteiger charge is -2.32. The number of ether oxygens (including phenoxy) is 1. The van der Waals surface area contributed by atoms with E-state index in [0.29, 0.717) is 0 Å². The van der Waals surface area contributed by atoms with Crippen molar-refractivity contribution in [1.82, 2.24) is 4.90 Å². The van der Waals surface area contributed by atoms with Crippen LogP contribution in [0, 0.1) is 10.1 Å². The fourth-order valence-electron chi connectivity index (χ4n) is 3.05. The average Bonchev–Trinajstić information content (AvgIpc) is 2.98. The van der Waals surface area contributed by atoms with Crippen molar-refractivity contribution in [2.75, 3.05) is 6.61 Å². The summed E-state index contributed by atoms with van der Waals surface area (Å²) in [7, 11) is 0. The third kappa shape index (κ3) is 2.21. The van der Waals surface area contributed by atoms with E-state index >= 15 is 0 Å². The number of amides is 1. The number of carbonyl (C=O) groups excluding carboxylic acids is 1. The lowest BCUT2D eigenvalue weighted by atomic mass is 9.92. The van der Waals surface area contributed by atoms with Gasteiger partial charge in [-0.1, -0.05) is 36.4 Å². The van der Waals surface area contributed by atoms with Crippen LogP contribution in [0.2, 0.25) is 0 Å². The molecule has 2 aliphatic rings. The number of nitrogens with zero attached hydrogens (tertiary/aromatic N) is 2. The number of hydrogen-bond donors (Lipinski definition) is 0. The number of fused-ring (bicyclic) bond motifs is 1. The number of hydrogen-bond acceptors (Lipinski definition) is 4. The number of rotatable bonds is 4.